The van der Waals surface area contributed by atoms with Gasteiger partial charge in [0.2, 0.25) is 0 Å². The molecular formula is C18H27NO2. The molecule has 1 amide bonds. The number of hydrogen-bond acceptors (Lipinski definition) is 2. The van der Waals surface area contributed by atoms with Crippen LogP contribution >= 0.6 is 0 Å². The molecule has 1 aliphatic rings. The number of nitrogens with zero attached hydrogens (tertiary/aromatic N) is 1. The van der Waals surface area contributed by atoms with E-state index in [4.69, 9.17) is 4.74 Å². The predicted molar refractivity (Wildman–Crippen MR) is 86.7 cm³/mol. The molecule has 21 heavy (non-hydrogen) atoms. The lowest BCUT2D eigenvalue weighted by atomic mass is 9.84. The summed E-state index contributed by atoms with van der Waals surface area (Å²) in [5, 5.41) is 0. The van der Waals surface area contributed by atoms with Crippen LogP contribution in [-0.2, 0) is 11.2 Å². The number of carbonyl (C=O) groups is 1. The van der Waals surface area contributed by atoms with Gasteiger partial charge in [-0.05, 0) is 29.9 Å². The van der Waals surface area contributed by atoms with Gasteiger partial charge in [0.1, 0.15) is 0 Å². The summed E-state index contributed by atoms with van der Waals surface area (Å²) in [5.74, 6) is 0. The second-order valence-corrected chi connectivity index (χ2v) is 6.91. The zero-order valence-corrected chi connectivity index (χ0v) is 13.7. The molecule has 0 fully saturated rings. The van der Waals surface area contributed by atoms with Crippen molar-refractivity contribution in [3.8, 4) is 0 Å². The van der Waals surface area contributed by atoms with Crippen molar-refractivity contribution >= 4 is 11.8 Å². The number of fused-ring (bicyclic) bond motifs is 1. The Hall–Kier alpha value is -1.51. The minimum absolute atomic E-state index is 0.0292. The van der Waals surface area contributed by atoms with Crippen LogP contribution in [0.1, 0.15) is 52.5 Å². The first-order chi connectivity index (χ1) is 9.95. The molecule has 3 heteroatoms. The molecule has 1 atom stereocenters. The van der Waals surface area contributed by atoms with Crippen molar-refractivity contribution in [3.63, 3.8) is 0 Å². The third-order valence-electron chi connectivity index (χ3n) is 4.15. The molecular weight excluding hydrogens is 262 g/mol. The van der Waals surface area contributed by atoms with Gasteiger partial charge in [0.05, 0.1) is 12.3 Å². The van der Waals surface area contributed by atoms with Crippen molar-refractivity contribution in [1.82, 2.24) is 0 Å². The quantitative estimate of drug-likeness (QED) is 0.746. The summed E-state index contributed by atoms with van der Waals surface area (Å²) in [6.45, 7) is 9.21. The number of hydrogen-bond donors (Lipinski definition) is 0. The number of rotatable bonds is 4. The van der Waals surface area contributed by atoms with Crippen LogP contribution in [0.25, 0.3) is 0 Å². The van der Waals surface area contributed by atoms with Gasteiger partial charge in [0.25, 0.3) is 0 Å². The Kier molecular flexibility index (Phi) is 4.92. The fourth-order valence-electron chi connectivity index (χ4n) is 2.89. The lowest BCUT2D eigenvalue weighted by Gasteiger charge is -2.34. The maximum Gasteiger partial charge on any atom is 0.414 e. The lowest BCUT2D eigenvalue weighted by molar-refractivity contribution is 0.144. The summed E-state index contributed by atoms with van der Waals surface area (Å²) in [4.78, 5) is 14.4. The van der Waals surface area contributed by atoms with Crippen LogP contribution in [0.15, 0.2) is 24.3 Å². The summed E-state index contributed by atoms with van der Waals surface area (Å²) in [6.07, 6.45) is 3.89. The summed E-state index contributed by atoms with van der Waals surface area (Å²) in [7, 11) is 0. The highest BCUT2D eigenvalue weighted by atomic mass is 16.6. The molecule has 0 spiro atoms. The van der Waals surface area contributed by atoms with Crippen LogP contribution in [0.3, 0.4) is 0 Å². The van der Waals surface area contributed by atoms with Gasteiger partial charge in [0, 0.05) is 6.04 Å². The predicted octanol–water partition coefficient (Wildman–Crippen LogP) is 4.79. The van der Waals surface area contributed by atoms with Crippen molar-refractivity contribution in [2.75, 3.05) is 11.5 Å². The second kappa shape index (κ2) is 6.50. The first-order valence-electron chi connectivity index (χ1n) is 7.99. The van der Waals surface area contributed by atoms with Gasteiger partial charge in [-0.25, -0.2) is 4.79 Å². The molecule has 0 aliphatic carbocycles. The Labute approximate surface area is 128 Å². The van der Waals surface area contributed by atoms with Crippen molar-refractivity contribution < 1.29 is 9.53 Å². The van der Waals surface area contributed by atoms with E-state index in [-0.39, 0.29) is 17.6 Å². The van der Waals surface area contributed by atoms with Crippen molar-refractivity contribution in [1.29, 1.82) is 0 Å². The smallest absolute Gasteiger partial charge is 0.414 e. The maximum absolute atomic E-state index is 12.5. The van der Waals surface area contributed by atoms with Gasteiger partial charge < -0.3 is 4.74 Å². The molecule has 0 N–H and O–H groups in total. The number of para-hydroxylation sites is 1. The highest BCUT2D eigenvalue weighted by Gasteiger charge is 2.41. The van der Waals surface area contributed by atoms with Gasteiger partial charge in [-0.2, -0.15) is 0 Å². The number of benzene rings is 1. The monoisotopic (exact) mass is 289 g/mol. The molecule has 0 radical (unpaired) electrons. The normalized spacial score (nSPS) is 17.7. The minimum Gasteiger partial charge on any atom is -0.449 e. The van der Waals surface area contributed by atoms with Gasteiger partial charge in [-0.3, -0.25) is 4.90 Å². The molecule has 2 rings (SSSR count). The summed E-state index contributed by atoms with van der Waals surface area (Å²) < 4.78 is 5.50. The van der Waals surface area contributed by atoms with E-state index in [1.807, 2.05) is 23.1 Å². The lowest BCUT2D eigenvalue weighted by Crippen LogP contribution is -2.45. The molecule has 0 aromatic heterocycles. The Morgan fingerprint density at radius 1 is 1.29 bits per heavy atom. The maximum atomic E-state index is 12.5. The average Bonchev–Trinajstić information content (AvgIpc) is 2.83. The first-order valence-corrected chi connectivity index (χ1v) is 7.99. The highest BCUT2D eigenvalue weighted by molar-refractivity contribution is 5.91. The third kappa shape index (κ3) is 3.58. The summed E-state index contributed by atoms with van der Waals surface area (Å²) in [5.41, 5.74) is 2.28. The van der Waals surface area contributed by atoms with Crippen LogP contribution < -0.4 is 4.90 Å². The summed E-state index contributed by atoms with van der Waals surface area (Å²) >= 11 is 0. The number of amides is 1. The standard InChI is InChI=1S/C18H27NO2/c1-5-6-9-12-21-17(20)19-15-11-8-7-10-14(15)13-16(19)18(2,3)4/h7-8,10-11,16H,5-6,9,12-13H2,1-4H3. The van der Waals surface area contributed by atoms with Gasteiger partial charge in [-0.1, -0.05) is 58.7 Å². The molecule has 3 nitrogen and oxygen atoms in total. The SMILES string of the molecule is CCCCCOC(=O)N1c2ccccc2CC1C(C)(C)C. The molecule has 1 aromatic rings. The van der Waals surface area contributed by atoms with Gasteiger partial charge >= 0.3 is 6.09 Å². The van der Waals surface area contributed by atoms with E-state index in [0.717, 1.165) is 31.4 Å². The van der Waals surface area contributed by atoms with Crippen LogP contribution in [0.5, 0.6) is 0 Å². The third-order valence-corrected chi connectivity index (χ3v) is 4.15. The summed E-state index contributed by atoms with van der Waals surface area (Å²) in [6, 6.07) is 8.32. The van der Waals surface area contributed by atoms with Gasteiger partial charge in [-0.15, -0.1) is 0 Å². The Morgan fingerprint density at radius 2 is 2.00 bits per heavy atom. The topological polar surface area (TPSA) is 29.5 Å². The average molecular weight is 289 g/mol. The van der Waals surface area contributed by atoms with E-state index in [9.17, 15) is 4.79 Å². The van der Waals surface area contributed by atoms with Gasteiger partial charge in [0.15, 0.2) is 0 Å². The van der Waals surface area contributed by atoms with Crippen LogP contribution in [0.2, 0.25) is 0 Å². The fourth-order valence-corrected chi connectivity index (χ4v) is 2.89. The largest absolute Gasteiger partial charge is 0.449 e. The zero-order valence-electron chi connectivity index (χ0n) is 13.7. The van der Waals surface area contributed by atoms with Crippen LogP contribution in [-0.4, -0.2) is 18.7 Å². The van der Waals surface area contributed by atoms with Crippen LogP contribution in [0.4, 0.5) is 10.5 Å². The number of ether oxygens (including phenoxy) is 1. The van der Waals surface area contributed by atoms with E-state index in [0.29, 0.717) is 6.61 Å². The molecule has 0 saturated heterocycles. The number of carbonyl (C=O) groups excluding carboxylic acids is 1. The van der Waals surface area contributed by atoms with E-state index in [1.165, 1.54) is 5.56 Å². The van der Waals surface area contributed by atoms with Crippen molar-refractivity contribution in [2.24, 2.45) is 5.41 Å². The highest BCUT2D eigenvalue weighted by Crippen LogP contribution is 2.40. The molecule has 0 saturated carbocycles. The molecule has 1 aliphatic heterocycles. The Morgan fingerprint density at radius 3 is 2.67 bits per heavy atom. The molecule has 1 unspecified atom stereocenters. The van der Waals surface area contributed by atoms with E-state index >= 15 is 0 Å². The zero-order chi connectivity index (χ0) is 15.5. The van der Waals surface area contributed by atoms with E-state index < -0.39 is 0 Å². The Bertz CT molecular complexity index is 490. The molecule has 0 bridgehead atoms. The fraction of sp³-hybridized carbons (Fsp3) is 0.611. The first kappa shape index (κ1) is 15.9. The van der Waals surface area contributed by atoms with Crippen molar-refractivity contribution in [2.45, 2.75) is 59.4 Å². The molecule has 1 heterocycles. The minimum atomic E-state index is -0.198. The van der Waals surface area contributed by atoms with E-state index in [1.54, 1.807) is 0 Å². The molecule has 1 aromatic carbocycles. The van der Waals surface area contributed by atoms with E-state index in [2.05, 4.69) is 33.8 Å². The van der Waals surface area contributed by atoms with Crippen LogP contribution in [0, 0.1) is 5.41 Å². The second-order valence-electron chi connectivity index (χ2n) is 6.91. The Balaban J connectivity index is 2.14. The number of anilines is 1. The number of unbranched alkanes of at least 4 members (excludes halogenated alkanes) is 2. The van der Waals surface area contributed by atoms with Crippen molar-refractivity contribution in [3.05, 3.63) is 29.8 Å². The molecule has 116 valence electrons.